The number of aromatic hydroxyl groups is 1. The van der Waals surface area contributed by atoms with Crippen molar-refractivity contribution in [2.75, 3.05) is 0 Å². The molecule has 2 heterocycles. The predicted octanol–water partition coefficient (Wildman–Crippen LogP) is 1.61. The molecule has 0 fully saturated rings. The van der Waals surface area contributed by atoms with Crippen LogP contribution >= 0.6 is 0 Å². The minimum atomic E-state index is -0.702. The highest BCUT2D eigenvalue weighted by molar-refractivity contribution is 5.79. The van der Waals surface area contributed by atoms with Crippen LogP contribution in [0.15, 0.2) is 56.7 Å². The fraction of sp³-hybridized carbons (Fsp3) is 0.118. The van der Waals surface area contributed by atoms with Gasteiger partial charge >= 0.3 is 5.69 Å². The third-order valence-corrected chi connectivity index (χ3v) is 3.61. The number of nitrogens with zero attached hydrogens (tertiary/aromatic N) is 2. The number of halogens is 1. The number of H-pyrrole nitrogens is 1. The number of allylic oxidation sites excluding steroid dienone is 2. The molecule has 0 atom stereocenters. The molecule has 2 N–H and O–H groups in total. The van der Waals surface area contributed by atoms with E-state index in [9.17, 15) is 19.1 Å². The van der Waals surface area contributed by atoms with Crippen LogP contribution in [0.1, 0.15) is 11.1 Å². The molecule has 0 amide bonds. The number of rotatable bonds is 4. The summed E-state index contributed by atoms with van der Waals surface area (Å²) >= 11 is 0. The highest BCUT2D eigenvalue weighted by Crippen LogP contribution is 2.17. The molecule has 0 bridgehead atoms. The number of aliphatic imine (C=N–C) groups is 1. The van der Waals surface area contributed by atoms with Crippen molar-refractivity contribution in [3.63, 3.8) is 0 Å². The molecule has 1 aliphatic heterocycles. The Morgan fingerprint density at radius 3 is 2.67 bits per heavy atom. The number of aryl methyl sites for hydroxylation is 1. The van der Waals surface area contributed by atoms with Crippen LogP contribution in [0.5, 0.6) is 5.88 Å². The second-order valence-electron chi connectivity index (χ2n) is 5.23. The lowest BCUT2D eigenvalue weighted by atomic mass is 10.1. The van der Waals surface area contributed by atoms with E-state index in [0.717, 1.165) is 10.1 Å². The van der Waals surface area contributed by atoms with E-state index in [1.165, 1.54) is 18.2 Å². The zero-order valence-electron chi connectivity index (χ0n) is 12.6. The smallest absolute Gasteiger partial charge is 0.331 e. The summed E-state index contributed by atoms with van der Waals surface area (Å²) in [5, 5.41) is 10.3. The van der Waals surface area contributed by atoms with Crippen molar-refractivity contribution in [2.24, 2.45) is 4.99 Å². The van der Waals surface area contributed by atoms with Gasteiger partial charge in [-0.15, -0.1) is 0 Å². The standard InChI is InChI=1S/C17H14FN3O3/c18-12-5-3-11(4-6-12)7-9-21-16(23)14(15(22)20-17(21)24)10-13-2-1-8-19-13/h1-6,8,10,23H,7,9H2,(H,20,22,24)/b13-10-. The van der Waals surface area contributed by atoms with Gasteiger partial charge in [-0.3, -0.25) is 19.3 Å². The monoisotopic (exact) mass is 327 g/mol. The average Bonchev–Trinajstić information content (AvgIpc) is 3.06. The molecule has 7 heteroatoms. The first-order chi connectivity index (χ1) is 11.5. The zero-order valence-corrected chi connectivity index (χ0v) is 12.6. The van der Waals surface area contributed by atoms with E-state index in [4.69, 9.17) is 0 Å². The lowest BCUT2D eigenvalue weighted by Gasteiger charge is -2.10. The van der Waals surface area contributed by atoms with Gasteiger partial charge in [0.1, 0.15) is 11.4 Å². The highest BCUT2D eigenvalue weighted by atomic mass is 19.1. The molecule has 1 aliphatic rings. The molecule has 1 aromatic heterocycles. The molecule has 3 rings (SSSR count). The van der Waals surface area contributed by atoms with Gasteiger partial charge < -0.3 is 5.11 Å². The summed E-state index contributed by atoms with van der Waals surface area (Å²) in [6, 6.07) is 5.85. The summed E-state index contributed by atoms with van der Waals surface area (Å²) in [5.41, 5.74) is -0.116. The van der Waals surface area contributed by atoms with Crippen LogP contribution in [-0.2, 0) is 13.0 Å². The molecule has 0 unspecified atom stereocenters. The molecule has 24 heavy (non-hydrogen) atoms. The van der Waals surface area contributed by atoms with Crippen molar-refractivity contribution < 1.29 is 9.50 Å². The topological polar surface area (TPSA) is 87.5 Å². The summed E-state index contributed by atoms with van der Waals surface area (Å²) in [6.07, 6.45) is 6.73. The van der Waals surface area contributed by atoms with E-state index >= 15 is 0 Å². The molecule has 2 aromatic rings. The van der Waals surface area contributed by atoms with Gasteiger partial charge in [0.05, 0.1) is 5.70 Å². The molecule has 122 valence electrons. The van der Waals surface area contributed by atoms with Crippen LogP contribution in [0.3, 0.4) is 0 Å². The maximum Gasteiger partial charge on any atom is 0.331 e. The second kappa shape index (κ2) is 6.49. The Kier molecular flexibility index (Phi) is 4.24. The van der Waals surface area contributed by atoms with E-state index in [2.05, 4.69) is 9.98 Å². The van der Waals surface area contributed by atoms with E-state index in [1.54, 1.807) is 30.5 Å². The number of nitrogens with one attached hydrogen (secondary N) is 1. The van der Waals surface area contributed by atoms with Gasteiger partial charge in [-0.1, -0.05) is 12.1 Å². The summed E-state index contributed by atoms with van der Waals surface area (Å²) in [7, 11) is 0. The van der Waals surface area contributed by atoms with Gasteiger partial charge in [0.15, 0.2) is 0 Å². The third-order valence-electron chi connectivity index (χ3n) is 3.61. The van der Waals surface area contributed by atoms with Crippen molar-refractivity contribution in [1.29, 1.82) is 0 Å². The normalized spacial score (nSPS) is 14.6. The van der Waals surface area contributed by atoms with Crippen molar-refractivity contribution in [1.82, 2.24) is 9.55 Å². The van der Waals surface area contributed by atoms with E-state index in [-0.39, 0.29) is 17.9 Å². The van der Waals surface area contributed by atoms with Crippen LogP contribution in [0.2, 0.25) is 0 Å². The van der Waals surface area contributed by atoms with Gasteiger partial charge in [0.25, 0.3) is 5.56 Å². The Bertz CT molecular complexity index is 952. The van der Waals surface area contributed by atoms with E-state index in [0.29, 0.717) is 12.1 Å². The molecule has 6 nitrogen and oxygen atoms in total. The molecule has 0 saturated carbocycles. The van der Waals surface area contributed by atoms with Crippen molar-refractivity contribution in [3.8, 4) is 5.88 Å². The Morgan fingerprint density at radius 1 is 1.25 bits per heavy atom. The quantitative estimate of drug-likeness (QED) is 0.894. The number of benzene rings is 1. The molecular weight excluding hydrogens is 313 g/mol. The molecule has 1 aromatic carbocycles. The lowest BCUT2D eigenvalue weighted by molar-refractivity contribution is 0.399. The number of hydrogen-bond acceptors (Lipinski definition) is 4. The Balaban J connectivity index is 1.93. The van der Waals surface area contributed by atoms with Crippen LogP contribution in [-0.4, -0.2) is 20.9 Å². The summed E-state index contributed by atoms with van der Waals surface area (Å²) in [5.74, 6) is -0.768. The van der Waals surface area contributed by atoms with Crippen LogP contribution in [0.25, 0.3) is 6.08 Å². The summed E-state index contributed by atoms with van der Waals surface area (Å²) < 4.78 is 14.0. The molecule has 0 radical (unpaired) electrons. The van der Waals surface area contributed by atoms with Gasteiger partial charge in [0, 0.05) is 12.8 Å². The van der Waals surface area contributed by atoms with Crippen LogP contribution < -0.4 is 11.2 Å². The van der Waals surface area contributed by atoms with Crippen molar-refractivity contribution in [3.05, 3.63) is 79.9 Å². The first kappa shape index (κ1) is 15.7. The predicted molar refractivity (Wildman–Crippen MR) is 88.7 cm³/mol. The maximum atomic E-state index is 12.9. The zero-order chi connectivity index (χ0) is 17.1. The minimum absolute atomic E-state index is 0.0348. The Hall–Kier alpha value is -3.22. The molecule has 0 spiro atoms. The third kappa shape index (κ3) is 3.24. The van der Waals surface area contributed by atoms with Gasteiger partial charge in [0.2, 0.25) is 5.88 Å². The summed E-state index contributed by atoms with van der Waals surface area (Å²) in [6.45, 7) is 0.141. The van der Waals surface area contributed by atoms with Crippen molar-refractivity contribution >= 4 is 12.3 Å². The number of hydrogen-bond donors (Lipinski definition) is 2. The highest BCUT2D eigenvalue weighted by Gasteiger charge is 2.13. The van der Waals surface area contributed by atoms with E-state index < -0.39 is 17.1 Å². The minimum Gasteiger partial charge on any atom is -0.494 e. The largest absolute Gasteiger partial charge is 0.494 e. The number of aromatic amines is 1. The van der Waals surface area contributed by atoms with Gasteiger partial charge in [-0.2, -0.15) is 0 Å². The lowest BCUT2D eigenvalue weighted by Crippen LogP contribution is -2.31. The SMILES string of the molecule is O=c1[nH]c(=O)n(CCc2ccc(F)cc2)c(O)c1/C=C1/C=CC=N1. The number of aromatic nitrogens is 2. The summed E-state index contributed by atoms with van der Waals surface area (Å²) in [4.78, 5) is 30.1. The first-order valence-electron chi connectivity index (χ1n) is 7.27. The first-order valence-corrected chi connectivity index (χ1v) is 7.27. The van der Waals surface area contributed by atoms with Crippen molar-refractivity contribution in [2.45, 2.75) is 13.0 Å². The molecule has 0 aliphatic carbocycles. The second-order valence-corrected chi connectivity index (χ2v) is 5.23. The molecular formula is C17H14FN3O3. The van der Waals surface area contributed by atoms with E-state index in [1.807, 2.05) is 0 Å². The van der Waals surface area contributed by atoms with Gasteiger partial charge in [-0.25, -0.2) is 9.18 Å². The average molecular weight is 327 g/mol. The molecule has 0 saturated heterocycles. The maximum absolute atomic E-state index is 12.9. The fourth-order valence-corrected chi connectivity index (χ4v) is 2.35. The Morgan fingerprint density at radius 2 is 2.00 bits per heavy atom. The fourth-order valence-electron chi connectivity index (χ4n) is 2.35. The van der Waals surface area contributed by atoms with Gasteiger partial charge in [-0.05, 0) is 42.3 Å². The van der Waals surface area contributed by atoms with Crippen LogP contribution in [0, 0.1) is 5.82 Å². The van der Waals surface area contributed by atoms with Crippen LogP contribution in [0.4, 0.5) is 4.39 Å². The Labute approximate surface area is 135 Å².